The molecule has 4 aromatic rings. The molecule has 1 heterocycles. The molecule has 300 valence electrons. The normalized spacial score (nSPS) is 20.2. The predicted octanol–water partition coefficient (Wildman–Crippen LogP) is 8.14. The van der Waals surface area contributed by atoms with Crippen molar-refractivity contribution in [2.45, 2.75) is 82.9 Å². The second-order valence-corrected chi connectivity index (χ2v) is 20.5. The highest BCUT2D eigenvalue weighted by molar-refractivity contribution is 6.74. The molecule has 5 rings (SSSR count). The molecule has 1 amide bonds. The van der Waals surface area contributed by atoms with E-state index in [1.54, 1.807) is 38.5 Å². The van der Waals surface area contributed by atoms with Gasteiger partial charge in [-0.25, -0.2) is 4.79 Å². The molecule has 56 heavy (non-hydrogen) atoms. The number of ether oxygens (including phenoxy) is 6. The Morgan fingerprint density at radius 3 is 1.77 bits per heavy atom. The number of benzene rings is 4. The van der Waals surface area contributed by atoms with E-state index in [2.05, 4.69) is 39.2 Å². The van der Waals surface area contributed by atoms with Gasteiger partial charge in [-0.05, 0) is 71.2 Å². The largest absolute Gasteiger partial charge is 0.497 e. The number of carbonyl (C=O) groups excluding carboxylic acids is 2. The van der Waals surface area contributed by atoms with Crippen LogP contribution in [0.5, 0.6) is 11.5 Å². The minimum absolute atomic E-state index is 0.0327. The number of hydrogen-bond acceptors (Lipinski definition) is 9. The van der Waals surface area contributed by atoms with Crippen molar-refractivity contribution in [3.8, 4) is 11.5 Å². The summed E-state index contributed by atoms with van der Waals surface area (Å²) in [6.07, 6.45) is -2.29. The molecule has 1 fully saturated rings. The van der Waals surface area contributed by atoms with E-state index in [1.807, 2.05) is 91.9 Å². The van der Waals surface area contributed by atoms with E-state index in [4.69, 9.17) is 32.8 Å². The van der Waals surface area contributed by atoms with Gasteiger partial charge in [0, 0.05) is 12.8 Å². The average molecular weight is 784 g/mol. The van der Waals surface area contributed by atoms with Crippen molar-refractivity contribution in [3.63, 3.8) is 0 Å². The molecule has 11 heteroatoms. The standard InChI is InChI=1S/C45H57NO9Si/c1-31-39(30-53-56(8,9)44(3,4)5)54-43(40(46-32(2)47)41(31)55-42(48)33-16-12-10-13-17-33)51-28-29-52-45(34-18-14-11-15-19-34,35-20-24-37(49-6)25-21-35)36-22-26-38(50-7)27-23-36/h10-27,31,39-41,43H,28-30H2,1-9H3,(H,46,47). The highest BCUT2D eigenvalue weighted by atomic mass is 28.4. The zero-order valence-corrected chi connectivity index (χ0v) is 35.1. The van der Waals surface area contributed by atoms with Crippen molar-refractivity contribution < 1.29 is 42.4 Å². The van der Waals surface area contributed by atoms with Crippen LogP contribution in [0.15, 0.2) is 109 Å². The van der Waals surface area contributed by atoms with Gasteiger partial charge in [0.25, 0.3) is 0 Å². The summed E-state index contributed by atoms with van der Waals surface area (Å²) < 4.78 is 44.1. The van der Waals surface area contributed by atoms with E-state index in [0.717, 1.165) is 28.2 Å². The number of methoxy groups -OCH3 is 2. The lowest BCUT2D eigenvalue weighted by Gasteiger charge is -2.46. The number of nitrogens with one attached hydrogen (secondary N) is 1. The van der Waals surface area contributed by atoms with Crippen LogP contribution >= 0.6 is 0 Å². The molecule has 10 nitrogen and oxygen atoms in total. The third kappa shape index (κ3) is 9.88. The van der Waals surface area contributed by atoms with Gasteiger partial charge in [-0.2, -0.15) is 0 Å². The summed E-state index contributed by atoms with van der Waals surface area (Å²) in [5.74, 6) is 0.273. The molecular formula is C45H57NO9Si. The lowest BCUT2D eigenvalue weighted by Crippen LogP contribution is -2.63. The molecule has 1 N–H and O–H groups in total. The summed E-state index contributed by atoms with van der Waals surface area (Å²) in [6, 6.07) is 33.6. The molecule has 5 atom stereocenters. The minimum atomic E-state index is -2.19. The molecule has 1 aliphatic heterocycles. The zero-order chi connectivity index (χ0) is 40.5. The Kier molecular flexibility index (Phi) is 14.2. The SMILES string of the molecule is COc1ccc(C(OCCOC2OC(CO[Si](C)(C)C(C)(C)C)C(C)C(OC(=O)c3ccccc3)C2NC(C)=O)(c2ccccc2)c2ccc(OC)cc2)cc1. The molecule has 5 unspecified atom stereocenters. The highest BCUT2D eigenvalue weighted by Crippen LogP contribution is 2.42. The van der Waals surface area contributed by atoms with Gasteiger partial charge in [0.2, 0.25) is 5.91 Å². The predicted molar refractivity (Wildman–Crippen MR) is 218 cm³/mol. The smallest absolute Gasteiger partial charge is 0.338 e. The molecule has 0 aliphatic carbocycles. The van der Waals surface area contributed by atoms with E-state index >= 15 is 0 Å². The van der Waals surface area contributed by atoms with Gasteiger partial charge in [0.1, 0.15) is 29.2 Å². The van der Waals surface area contributed by atoms with Crippen molar-refractivity contribution in [1.29, 1.82) is 0 Å². The van der Waals surface area contributed by atoms with Gasteiger partial charge in [-0.15, -0.1) is 0 Å². The first-order valence-corrected chi connectivity index (χ1v) is 22.0. The van der Waals surface area contributed by atoms with Crippen LogP contribution in [0, 0.1) is 5.92 Å². The second-order valence-electron chi connectivity index (χ2n) is 15.7. The Hall–Kier alpha value is -4.52. The third-order valence-corrected chi connectivity index (χ3v) is 15.5. The van der Waals surface area contributed by atoms with E-state index in [9.17, 15) is 9.59 Å². The molecule has 0 aromatic heterocycles. The van der Waals surface area contributed by atoms with Crippen LogP contribution in [0.4, 0.5) is 0 Å². The monoisotopic (exact) mass is 783 g/mol. The van der Waals surface area contributed by atoms with Gasteiger partial charge in [-0.3, -0.25) is 4.79 Å². The third-order valence-electron chi connectivity index (χ3n) is 11.0. The fourth-order valence-corrected chi connectivity index (χ4v) is 7.69. The number of esters is 1. The van der Waals surface area contributed by atoms with Crippen molar-refractivity contribution in [2.75, 3.05) is 34.0 Å². The van der Waals surface area contributed by atoms with Crippen molar-refractivity contribution in [2.24, 2.45) is 5.92 Å². The van der Waals surface area contributed by atoms with Crippen molar-refractivity contribution >= 4 is 20.2 Å². The highest BCUT2D eigenvalue weighted by Gasteiger charge is 2.49. The van der Waals surface area contributed by atoms with Crippen molar-refractivity contribution in [1.82, 2.24) is 5.32 Å². The molecule has 1 saturated heterocycles. The van der Waals surface area contributed by atoms with Gasteiger partial charge in [-0.1, -0.05) is 100 Å². The first kappa shape index (κ1) is 42.6. The van der Waals surface area contributed by atoms with E-state index in [0.29, 0.717) is 5.56 Å². The maximum Gasteiger partial charge on any atom is 0.338 e. The summed E-state index contributed by atoms with van der Waals surface area (Å²) >= 11 is 0. The van der Waals surface area contributed by atoms with E-state index in [1.165, 1.54) is 6.92 Å². The van der Waals surface area contributed by atoms with Crippen LogP contribution in [0.2, 0.25) is 18.1 Å². The van der Waals surface area contributed by atoms with Crippen LogP contribution in [-0.2, 0) is 33.8 Å². The topological polar surface area (TPSA) is 111 Å². The molecule has 0 spiro atoms. The van der Waals surface area contributed by atoms with Crippen LogP contribution in [-0.4, -0.2) is 78.8 Å². The van der Waals surface area contributed by atoms with Gasteiger partial charge >= 0.3 is 5.97 Å². The number of rotatable bonds is 16. The van der Waals surface area contributed by atoms with Crippen molar-refractivity contribution in [3.05, 3.63) is 131 Å². The number of carbonyl (C=O) groups is 2. The Bertz CT molecular complexity index is 1800. The van der Waals surface area contributed by atoms with Gasteiger partial charge in [0.15, 0.2) is 14.6 Å². The van der Waals surface area contributed by atoms with Crippen LogP contribution in [0.1, 0.15) is 61.7 Å². The number of hydrogen-bond donors (Lipinski definition) is 1. The van der Waals surface area contributed by atoms with Gasteiger partial charge in [0.05, 0.1) is 45.7 Å². The van der Waals surface area contributed by atoms with Gasteiger partial charge < -0.3 is 38.2 Å². The fourth-order valence-electron chi connectivity index (χ4n) is 6.68. The Balaban J connectivity index is 1.46. The Morgan fingerprint density at radius 1 is 0.750 bits per heavy atom. The Morgan fingerprint density at radius 2 is 1.27 bits per heavy atom. The maximum absolute atomic E-state index is 13.5. The molecule has 0 saturated carbocycles. The number of amides is 1. The second kappa shape index (κ2) is 18.6. The molecular weight excluding hydrogens is 727 g/mol. The van der Waals surface area contributed by atoms with Crippen LogP contribution in [0.3, 0.4) is 0 Å². The molecule has 1 aliphatic rings. The summed E-state index contributed by atoms with van der Waals surface area (Å²) in [4.78, 5) is 26.2. The fraction of sp³-hybridized carbons (Fsp3) is 0.422. The summed E-state index contributed by atoms with van der Waals surface area (Å²) in [5, 5.41) is 2.95. The van der Waals surface area contributed by atoms with Crippen LogP contribution < -0.4 is 14.8 Å². The van der Waals surface area contributed by atoms with E-state index in [-0.39, 0.29) is 36.7 Å². The first-order valence-electron chi connectivity index (χ1n) is 19.1. The first-order chi connectivity index (χ1) is 26.7. The van der Waals surface area contributed by atoms with E-state index < -0.39 is 44.4 Å². The molecule has 0 radical (unpaired) electrons. The quantitative estimate of drug-likeness (QED) is 0.0521. The molecule has 4 aromatic carbocycles. The average Bonchev–Trinajstić information content (AvgIpc) is 3.19. The summed E-state index contributed by atoms with van der Waals surface area (Å²) in [5.41, 5.74) is 2.01. The zero-order valence-electron chi connectivity index (χ0n) is 34.1. The maximum atomic E-state index is 13.5. The minimum Gasteiger partial charge on any atom is -0.497 e. The lowest BCUT2D eigenvalue weighted by atomic mass is 9.80. The van der Waals surface area contributed by atoms with Crippen LogP contribution in [0.25, 0.3) is 0 Å². The lowest BCUT2D eigenvalue weighted by molar-refractivity contribution is -0.257. The summed E-state index contributed by atoms with van der Waals surface area (Å²) in [7, 11) is 1.08. The molecule has 0 bridgehead atoms. The Labute approximate surface area is 332 Å². The summed E-state index contributed by atoms with van der Waals surface area (Å²) in [6.45, 7) is 14.8.